The fraction of sp³-hybridized carbons (Fsp3) is 0.231. The van der Waals surface area contributed by atoms with Crippen LogP contribution in [0.15, 0.2) is 72.8 Å². The largest absolute Gasteiger partial charge is 0.284 e. The van der Waals surface area contributed by atoms with Crippen LogP contribution in [-0.4, -0.2) is 25.1 Å². The summed E-state index contributed by atoms with van der Waals surface area (Å²) in [5.74, 6) is -0.516. The van der Waals surface area contributed by atoms with E-state index in [1.54, 1.807) is 17.0 Å². The zero-order chi connectivity index (χ0) is 23.4. The van der Waals surface area contributed by atoms with E-state index in [-0.39, 0.29) is 23.8 Å². The van der Waals surface area contributed by atoms with Gasteiger partial charge in [0.2, 0.25) is 5.91 Å². The number of rotatable bonds is 8. The van der Waals surface area contributed by atoms with Gasteiger partial charge in [0.1, 0.15) is 0 Å². The number of benzene rings is 3. The lowest BCUT2D eigenvalue weighted by molar-refractivity contribution is -0.118. The quantitative estimate of drug-likeness (QED) is 0.338. The summed E-state index contributed by atoms with van der Waals surface area (Å²) in [6, 6.07) is 22.9. The van der Waals surface area contributed by atoms with E-state index in [0.29, 0.717) is 11.7 Å². The third kappa shape index (κ3) is 5.86. The molecule has 170 valence electrons. The highest BCUT2D eigenvalue weighted by molar-refractivity contribution is 7.90. The number of anilines is 1. The number of hydrogen-bond acceptors (Lipinski definition) is 5. The second kappa shape index (κ2) is 9.85. The van der Waals surface area contributed by atoms with Crippen molar-refractivity contribution in [2.24, 2.45) is 0 Å². The number of aromatic nitrogens is 1. The maximum Gasteiger partial charge on any atom is 0.230 e. The van der Waals surface area contributed by atoms with E-state index in [1.807, 2.05) is 62.4 Å². The van der Waals surface area contributed by atoms with Crippen LogP contribution in [0.1, 0.15) is 28.7 Å². The molecular weight excluding hydrogens is 452 g/mol. The summed E-state index contributed by atoms with van der Waals surface area (Å²) in [6.45, 7) is 4.39. The van der Waals surface area contributed by atoms with Crippen LogP contribution in [0.25, 0.3) is 10.2 Å². The van der Waals surface area contributed by atoms with Gasteiger partial charge in [-0.15, -0.1) is 0 Å². The Labute approximate surface area is 198 Å². The standard InChI is InChI=1S/C26H26N2O3S2/c1-19-15-20(2)25-23(16-19)32-26(27-25)28(17-21-9-5-3-6-10-21)24(29)13-14-33(30,31)18-22-11-7-4-8-12-22/h3-12,15-16H,13-14,17-18H2,1-2H3. The van der Waals surface area contributed by atoms with Gasteiger partial charge >= 0.3 is 0 Å². The lowest BCUT2D eigenvalue weighted by Gasteiger charge is -2.20. The zero-order valence-corrected chi connectivity index (χ0v) is 20.3. The van der Waals surface area contributed by atoms with Crippen LogP contribution < -0.4 is 4.90 Å². The van der Waals surface area contributed by atoms with E-state index < -0.39 is 9.84 Å². The monoisotopic (exact) mass is 478 g/mol. The molecule has 4 aromatic rings. The maximum absolute atomic E-state index is 13.3. The molecule has 0 bridgehead atoms. The van der Waals surface area contributed by atoms with Crippen molar-refractivity contribution in [3.8, 4) is 0 Å². The second-order valence-electron chi connectivity index (χ2n) is 8.22. The maximum atomic E-state index is 13.3. The first-order valence-corrected chi connectivity index (χ1v) is 13.4. The predicted octanol–water partition coefficient (Wildman–Crippen LogP) is 5.45. The summed E-state index contributed by atoms with van der Waals surface area (Å²) in [7, 11) is -3.42. The highest BCUT2D eigenvalue weighted by atomic mass is 32.2. The Morgan fingerprint density at radius 1 is 0.939 bits per heavy atom. The van der Waals surface area contributed by atoms with Crippen LogP contribution >= 0.6 is 11.3 Å². The first-order valence-electron chi connectivity index (χ1n) is 10.8. The summed E-state index contributed by atoms with van der Waals surface area (Å²) >= 11 is 1.46. The van der Waals surface area contributed by atoms with E-state index in [4.69, 9.17) is 4.98 Å². The molecule has 0 atom stereocenters. The molecule has 0 unspecified atom stereocenters. The number of amides is 1. The average molecular weight is 479 g/mol. The van der Waals surface area contributed by atoms with Crippen molar-refractivity contribution in [2.75, 3.05) is 10.7 Å². The Morgan fingerprint density at radius 3 is 2.24 bits per heavy atom. The Morgan fingerprint density at radius 2 is 1.58 bits per heavy atom. The van der Waals surface area contributed by atoms with Gasteiger partial charge in [0.25, 0.3) is 0 Å². The first-order chi connectivity index (χ1) is 15.8. The molecule has 0 saturated carbocycles. The number of carbonyl (C=O) groups is 1. The molecule has 0 spiro atoms. The van der Waals surface area contributed by atoms with E-state index >= 15 is 0 Å². The van der Waals surface area contributed by atoms with Crippen LogP contribution in [0, 0.1) is 13.8 Å². The third-order valence-corrected chi connectivity index (χ3v) is 8.02. The van der Waals surface area contributed by atoms with Gasteiger partial charge in [-0.05, 0) is 42.2 Å². The summed E-state index contributed by atoms with van der Waals surface area (Å²) in [4.78, 5) is 19.7. The van der Waals surface area contributed by atoms with E-state index in [9.17, 15) is 13.2 Å². The van der Waals surface area contributed by atoms with Crippen molar-refractivity contribution < 1.29 is 13.2 Å². The van der Waals surface area contributed by atoms with Crippen LogP contribution in [0.4, 0.5) is 5.13 Å². The molecule has 1 amide bonds. The molecule has 5 nitrogen and oxygen atoms in total. The highest BCUT2D eigenvalue weighted by Crippen LogP contribution is 2.33. The molecule has 0 radical (unpaired) electrons. The molecule has 1 heterocycles. The normalized spacial score (nSPS) is 11.6. The number of hydrogen-bond donors (Lipinski definition) is 0. The second-order valence-corrected chi connectivity index (χ2v) is 11.4. The summed E-state index contributed by atoms with van der Waals surface area (Å²) < 4.78 is 26.3. The lowest BCUT2D eigenvalue weighted by atomic mass is 10.1. The van der Waals surface area contributed by atoms with E-state index in [1.165, 1.54) is 11.3 Å². The molecule has 3 aromatic carbocycles. The van der Waals surface area contributed by atoms with Crippen molar-refractivity contribution >= 4 is 42.4 Å². The van der Waals surface area contributed by atoms with Crippen LogP contribution in [0.3, 0.4) is 0 Å². The van der Waals surface area contributed by atoms with Gasteiger partial charge in [-0.3, -0.25) is 9.69 Å². The molecule has 0 saturated heterocycles. The van der Waals surface area contributed by atoms with Gasteiger partial charge < -0.3 is 0 Å². The molecule has 0 aliphatic carbocycles. The van der Waals surface area contributed by atoms with Crippen molar-refractivity contribution in [1.29, 1.82) is 0 Å². The van der Waals surface area contributed by atoms with Gasteiger partial charge in [-0.25, -0.2) is 13.4 Å². The van der Waals surface area contributed by atoms with Crippen LogP contribution in [0.2, 0.25) is 0 Å². The molecule has 0 aliphatic heterocycles. The fourth-order valence-corrected chi connectivity index (χ4v) is 6.27. The van der Waals surface area contributed by atoms with Crippen molar-refractivity contribution in [1.82, 2.24) is 4.98 Å². The summed E-state index contributed by atoms with van der Waals surface area (Å²) in [6.07, 6.45) is -0.0874. The van der Waals surface area contributed by atoms with E-state index in [0.717, 1.165) is 32.5 Å². The average Bonchev–Trinajstić information content (AvgIpc) is 3.21. The van der Waals surface area contributed by atoms with Gasteiger partial charge in [-0.1, -0.05) is 78.1 Å². The van der Waals surface area contributed by atoms with E-state index in [2.05, 4.69) is 12.1 Å². The van der Waals surface area contributed by atoms with Gasteiger partial charge in [0, 0.05) is 6.42 Å². The smallest absolute Gasteiger partial charge is 0.230 e. The molecule has 7 heteroatoms. The molecule has 33 heavy (non-hydrogen) atoms. The topological polar surface area (TPSA) is 67.3 Å². The van der Waals surface area contributed by atoms with Gasteiger partial charge in [0.15, 0.2) is 15.0 Å². The zero-order valence-electron chi connectivity index (χ0n) is 18.7. The molecule has 0 N–H and O–H groups in total. The number of sulfone groups is 1. The molecular formula is C26H26N2O3S2. The minimum absolute atomic E-state index is 0.0700. The van der Waals surface area contributed by atoms with Crippen LogP contribution in [0.5, 0.6) is 0 Å². The summed E-state index contributed by atoms with van der Waals surface area (Å²) in [5.41, 5.74) is 4.77. The highest BCUT2D eigenvalue weighted by Gasteiger charge is 2.23. The number of nitrogens with zero attached hydrogens (tertiary/aromatic N) is 2. The molecule has 4 rings (SSSR count). The Balaban J connectivity index is 1.58. The van der Waals surface area contributed by atoms with Gasteiger partial charge in [0.05, 0.1) is 28.3 Å². The van der Waals surface area contributed by atoms with Gasteiger partial charge in [-0.2, -0.15) is 0 Å². The minimum Gasteiger partial charge on any atom is -0.284 e. The number of aryl methyl sites for hydroxylation is 2. The lowest BCUT2D eigenvalue weighted by Crippen LogP contribution is -2.31. The Hall–Kier alpha value is -3.03. The predicted molar refractivity (Wildman–Crippen MR) is 135 cm³/mol. The van der Waals surface area contributed by atoms with Crippen LogP contribution in [-0.2, 0) is 26.9 Å². The first kappa shape index (κ1) is 23.1. The number of fused-ring (bicyclic) bond motifs is 1. The Kier molecular flexibility index (Phi) is 6.91. The van der Waals surface area contributed by atoms with Crippen molar-refractivity contribution in [3.63, 3.8) is 0 Å². The number of carbonyl (C=O) groups excluding carboxylic acids is 1. The SMILES string of the molecule is Cc1cc(C)c2nc(N(Cc3ccccc3)C(=O)CCS(=O)(=O)Cc3ccccc3)sc2c1. The molecule has 0 aliphatic rings. The number of thiazole rings is 1. The molecule has 0 fully saturated rings. The Bertz CT molecular complexity index is 1360. The molecule has 1 aromatic heterocycles. The fourth-order valence-electron chi connectivity index (χ4n) is 3.78. The third-order valence-electron chi connectivity index (χ3n) is 5.39. The minimum atomic E-state index is -3.42. The van der Waals surface area contributed by atoms with Crippen molar-refractivity contribution in [3.05, 3.63) is 95.1 Å². The van der Waals surface area contributed by atoms with Crippen molar-refractivity contribution in [2.45, 2.75) is 32.6 Å². The summed E-state index contributed by atoms with van der Waals surface area (Å²) in [5, 5.41) is 0.591.